The van der Waals surface area contributed by atoms with E-state index in [0.717, 1.165) is 12.8 Å². The van der Waals surface area contributed by atoms with Gasteiger partial charge in [0, 0.05) is 6.92 Å². The van der Waals surface area contributed by atoms with Gasteiger partial charge in [-0.1, -0.05) is 13.0 Å². The van der Waals surface area contributed by atoms with E-state index in [9.17, 15) is 4.79 Å². The molecule has 0 saturated heterocycles. The van der Waals surface area contributed by atoms with Gasteiger partial charge >= 0.3 is 5.97 Å². The van der Waals surface area contributed by atoms with E-state index in [1.807, 2.05) is 6.08 Å². The lowest BCUT2D eigenvalue weighted by Gasteiger charge is -2.20. The zero-order valence-electron chi connectivity index (χ0n) is 7.04. The van der Waals surface area contributed by atoms with E-state index in [2.05, 4.69) is 13.0 Å². The van der Waals surface area contributed by atoms with Crippen molar-refractivity contribution in [2.45, 2.75) is 32.8 Å². The fraction of sp³-hybridized carbons (Fsp3) is 0.667. The summed E-state index contributed by atoms with van der Waals surface area (Å²) in [5, 5.41) is 0. The second kappa shape index (κ2) is 3.56. The van der Waals surface area contributed by atoms with Gasteiger partial charge in [-0.3, -0.25) is 4.79 Å². The van der Waals surface area contributed by atoms with Crippen LogP contribution in [0.15, 0.2) is 12.2 Å². The van der Waals surface area contributed by atoms with Crippen molar-refractivity contribution in [2.24, 2.45) is 5.92 Å². The lowest BCUT2D eigenvalue weighted by molar-refractivity contribution is -0.144. The van der Waals surface area contributed by atoms with Gasteiger partial charge in [0.15, 0.2) is 0 Å². The topological polar surface area (TPSA) is 26.3 Å². The van der Waals surface area contributed by atoms with Crippen LogP contribution in [-0.4, -0.2) is 12.1 Å². The van der Waals surface area contributed by atoms with Crippen molar-refractivity contribution in [1.29, 1.82) is 0 Å². The fourth-order valence-electron chi connectivity index (χ4n) is 1.33. The molecule has 0 radical (unpaired) electrons. The van der Waals surface area contributed by atoms with Crippen LogP contribution in [0, 0.1) is 5.92 Å². The molecule has 1 rings (SSSR count). The number of ether oxygens (including phenoxy) is 1. The number of allylic oxidation sites excluding steroid dienone is 1. The Morgan fingerprint density at radius 1 is 1.64 bits per heavy atom. The summed E-state index contributed by atoms with van der Waals surface area (Å²) in [5.41, 5.74) is 0. The van der Waals surface area contributed by atoms with Crippen LogP contribution < -0.4 is 0 Å². The first-order valence-corrected chi connectivity index (χ1v) is 4.02. The molecule has 1 aliphatic carbocycles. The first kappa shape index (κ1) is 8.31. The minimum atomic E-state index is -0.186. The van der Waals surface area contributed by atoms with Crippen LogP contribution in [0.2, 0.25) is 0 Å². The van der Waals surface area contributed by atoms with Crippen molar-refractivity contribution in [3.8, 4) is 0 Å². The minimum Gasteiger partial charge on any atom is -0.458 e. The van der Waals surface area contributed by atoms with Crippen molar-refractivity contribution >= 4 is 5.97 Å². The standard InChI is InChI=1S/C9H14O2/c1-7-4-3-5-9(6-7)11-8(2)10/h3,5,7,9H,4,6H2,1-2H3/t7-,9-/m0/s1. The van der Waals surface area contributed by atoms with Gasteiger partial charge in [-0.05, 0) is 24.8 Å². The summed E-state index contributed by atoms with van der Waals surface area (Å²) in [5.74, 6) is 0.457. The number of carbonyl (C=O) groups excluding carboxylic acids is 1. The summed E-state index contributed by atoms with van der Waals surface area (Å²) >= 11 is 0. The highest BCUT2D eigenvalue weighted by molar-refractivity contribution is 5.66. The smallest absolute Gasteiger partial charge is 0.303 e. The molecule has 11 heavy (non-hydrogen) atoms. The Morgan fingerprint density at radius 2 is 2.36 bits per heavy atom. The maximum atomic E-state index is 10.6. The molecule has 0 unspecified atom stereocenters. The third-order valence-electron chi connectivity index (χ3n) is 1.84. The Kier molecular flexibility index (Phi) is 2.69. The van der Waals surface area contributed by atoms with Crippen LogP contribution >= 0.6 is 0 Å². The molecule has 0 aromatic rings. The predicted molar refractivity (Wildman–Crippen MR) is 43.1 cm³/mol. The van der Waals surface area contributed by atoms with Crippen molar-refractivity contribution in [2.75, 3.05) is 0 Å². The molecule has 0 aromatic heterocycles. The SMILES string of the molecule is CC(=O)O[C@H]1C=CC[C@H](C)C1. The maximum Gasteiger partial charge on any atom is 0.303 e. The monoisotopic (exact) mass is 154 g/mol. The molecular formula is C9H14O2. The number of esters is 1. The summed E-state index contributed by atoms with van der Waals surface area (Å²) in [6.45, 7) is 3.62. The van der Waals surface area contributed by atoms with E-state index in [4.69, 9.17) is 4.74 Å². The summed E-state index contributed by atoms with van der Waals surface area (Å²) in [7, 11) is 0. The predicted octanol–water partition coefficient (Wildman–Crippen LogP) is 1.90. The lowest BCUT2D eigenvalue weighted by atomic mass is 9.94. The lowest BCUT2D eigenvalue weighted by Crippen LogP contribution is -2.19. The number of hydrogen-bond donors (Lipinski definition) is 0. The van der Waals surface area contributed by atoms with Crippen molar-refractivity contribution in [3.05, 3.63) is 12.2 Å². The Bertz CT molecular complexity index is 172. The van der Waals surface area contributed by atoms with Crippen molar-refractivity contribution in [1.82, 2.24) is 0 Å². The number of hydrogen-bond acceptors (Lipinski definition) is 2. The fourth-order valence-corrected chi connectivity index (χ4v) is 1.33. The third kappa shape index (κ3) is 2.74. The zero-order chi connectivity index (χ0) is 8.27. The van der Waals surface area contributed by atoms with Crippen LogP contribution in [-0.2, 0) is 9.53 Å². The van der Waals surface area contributed by atoms with Gasteiger partial charge in [-0.15, -0.1) is 0 Å². The molecule has 0 saturated carbocycles. The Morgan fingerprint density at radius 3 is 2.91 bits per heavy atom. The molecule has 2 nitrogen and oxygen atoms in total. The van der Waals surface area contributed by atoms with Gasteiger partial charge in [0.1, 0.15) is 6.10 Å². The van der Waals surface area contributed by atoms with Crippen LogP contribution in [0.1, 0.15) is 26.7 Å². The number of carbonyl (C=O) groups is 1. The minimum absolute atomic E-state index is 0.0243. The largest absolute Gasteiger partial charge is 0.458 e. The summed E-state index contributed by atoms with van der Waals surface area (Å²) < 4.78 is 5.04. The van der Waals surface area contributed by atoms with E-state index in [1.165, 1.54) is 6.92 Å². The van der Waals surface area contributed by atoms with Crippen LogP contribution in [0.3, 0.4) is 0 Å². The molecule has 0 aliphatic heterocycles. The average molecular weight is 154 g/mol. The van der Waals surface area contributed by atoms with Crippen LogP contribution in [0.5, 0.6) is 0 Å². The molecule has 0 amide bonds. The molecule has 0 N–H and O–H groups in total. The quantitative estimate of drug-likeness (QED) is 0.426. The van der Waals surface area contributed by atoms with E-state index in [1.54, 1.807) is 0 Å². The highest BCUT2D eigenvalue weighted by Crippen LogP contribution is 2.19. The molecule has 0 bridgehead atoms. The highest BCUT2D eigenvalue weighted by atomic mass is 16.5. The molecule has 62 valence electrons. The Balaban J connectivity index is 2.40. The molecule has 2 heteroatoms. The molecule has 0 heterocycles. The highest BCUT2D eigenvalue weighted by Gasteiger charge is 2.15. The molecule has 0 spiro atoms. The summed E-state index contributed by atoms with van der Waals surface area (Å²) in [6, 6.07) is 0. The molecular weight excluding hydrogens is 140 g/mol. The second-order valence-corrected chi connectivity index (χ2v) is 3.15. The summed E-state index contributed by atoms with van der Waals surface area (Å²) in [6.07, 6.45) is 6.16. The van der Waals surface area contributed by atoms with Gasteiger partial charge in [0.2, 0.25) is 0 Å². The number of rotatable bonds is 1. The average Bonchev–Trinajstić information content (AvgIpc) is 1.85. The van der Waals surface area contributed by atoms with E-state index >= 15 is 0 Å². The molecule has 0 fully saturated rings. The summed E-state index contributed by atoms with van der Waals surface area (Å²) in [4.78, 5) is 10.6. The van der Waals surface area contributed by atoms with Gasteiger partial charge in [-0.2, -0.15) is 0 Å². The van der Waals surface area contributed by atoms with Crippen molar-refractivity contribution in [3.63, 3.8) is 0 Å². The molecule has 1 aliphatic rings. The van der Waals surface area contributed by atoms with Crippen LogP contribution in [0.25, 0.3) is 0 Å². The van der Waals surface area contributed by atoms with Gasteiger partial charge < -0.3 is 4.74 Å². The first-order chi connectivity index (χ1) is 5.18. The molecule has 0 aromatic carbocycles. The van der Waals surface area contributed by atoms with Gasteiger partial charge in [-0.25, -0.2) is 0 Å². The van der Waals surface area contributed by atoms with E-state index in [-0.39, 0.29) is 12.1 Å². The Labute approximate surface area is 67.2 Å². The van der Waals surface area contributed by atoms with E-state index < -0.39 is 0 Å². The van der Waals surface area contributed by atoms with Crippen molar-refractivity contribution < 1.29 is 9.53 Å². The van der Waals surface area contributed by atoms with E-state index in [0.29, 0.717) is 5.92 Å². The second-order valence-electron chi connectivity index (χ2n) is 3.15. The third-order valence-corrected chi connectivity index (χ3v) is 1.84. The Hall–Kier alpha value is -0.790. The van der Waals surface area contributed by atoms with Gasteiger partial charge in [0.05, 0.1) is 0 Å². The van der Waals surface area contributed by atoms with Gasteiger partial charge in [0.25, 0.3) is 0 Å². The normalized spacial score (nSPS) is 30.0. The first-order valence-electron chi connectivity index (χ1n) is 4.02. The molecule has 2 atom stereocenters. The van der Waals surface area contributed by atoms with Crippen LogP contribution in [0.4, 0.5) is 0 Å². The maximum absolute atomic E-state index is 10.6. The zero-order valence-corrected chi connectivity index (χ0v) is 7.04.